The third kappa shape index (κ3) is 11.8. The SMILES string of the molecule is NCC(=O)N[C@H](Cc1ccc(O)cc1)C(=O)N1CCC[C@@H]1C(=O)N[C@@H](Cc1c[nH]c2ccccc12)C(=O)N[C@@H](Cc1ccccc1)C(=O)O.O=C(O)C(F)(F)F. The van der Waals surface area contributed by atoms with Crippen molar-refractivity contribution >= 4 is 46.5 Å². The van der Waals surface area contributed by atoms with Crippen molar-refractivity contribution in [3.8, 4) is 5.75 Å². The van der Waals surface area contributed by atoms with Gasteiger partial charge in [0.15, 0.2) is 0 Å². The van der Waals surface area contributed by atoms with E-state index in [0.717, 1.165) is 22.0 Å². The van der Waals surface area contributed by atoms with E-state index in [1.54, 1.807) is 42.6 Å². The maximum atomic E-state index is 13.9. The molecule has 18 heteroatoms. The number of amides is 4. The molecule has 5 rings (SSSR count). The minimum atomic E-state index is -5.08. The van der Waals surface area contributed by atoms with Crippen LogP contribution in [0.1, 0.15) is 29.5 Å². The fourth-order valence-electron chi connectivity index (χ4n) is 6.14. The lowest BCUT2D eigenvalue weighted by molar-refractivity contribution is -0.192. The zero-order chi connectivity index (χ0) is 41.0. The summed E-state index contributed by atoms with van der Waals surface area (Å²) in [7, 11) is 0. The molecule has 0 bridgehead atoms. The number of nitrogens with two attached hydrogens (primary N) is 1. The van der Waals surface area contributed by atoms with Gasteiger partial charge in [-0.15, -0.1) is 0 Å². The smallest absolute Gasteiger partial charge is 0.490 e. The van der Waals surface area contributed by atoms with Crippen molar-refractivity contribution in [1.29, 1.82) is 0 Å². The van der Waals surface area contributed by atoms with Crippen LogP contribution >= 0.6 is 0 Å². The number of phenolic OH excluding ortho intramolecular Hbond substituents is 1. The van der Waals surface area contributed by atoms with Crippen LogP contribution < -0.4 is 21.7 Å². The molecule has 0 radical (unpaired) electrons. The summed E-state index contributed by atoms with van der Waals surface area (Å²) in [6, 6.07) is 18.2. The number of hydrogen-bond acceptors (Lipinski definition) is 8. The Kier molecular flexibility index (Phi) is 14.5. The van der Waals surface area contributed by atoms with Gasteiger partial charge in [0, 0.05) is 42.9 Å². The number of nitrogens with one attached hydrogen (secondary N) is 4. The van der Waals surface area contributed by atoms with Gasteiger partial charge in [0.2, 0.25) is 23.6 Å². The van der Waals surface area contributed by atoms with E-state index in [1.165, 1.54) is 17.0 Å². The number of aromatic hydroxyl groups is 1. The number of hydrogen-bond donors (Lipinski definition) is 8. The molecule has 1 aliphatic rings. The number of carboxylic acid groups (broad SMARTS) is 2. The molecule has 2 heterocycles. The fourth-order valence-corrected chi connectivity index (χ4v) is 6.14. The zero-order valence-corrected chi connectivity index (χ0v) is 29.8. The molecule has 298 valence electrons. The van der Waals surface area contributed by atoms with Gasteiger partial charge in [0.25, 0.3) is 0 Å². The van der Waals surface area contributed by atoms with Crippen LogP contribution in [0.5, 0.6) is 5.75 Å². The van der Waals surface area contributed by atoms with Gasteiger partial charge in [-0.05, 0) is 47.7 Å². The summed E-state index contributed by atoms with van der Waals surface area (Å²) in [5.74, 6) is -6.22. The molecule has 1 aromatic heterocycles. The lowest BCUT2D eigenvalue weighted by Crippen LogP contribution is -2.58. The summed E-state index contributed by atoms with van der Waals surface area (Å²) < 4.78 is 31.7. The summed E-state index contributed by atoms with van der Waals surface area (Å²) in [4.78, 5) is 79.6. The number of aliphatic carboxylic acids is 2. The van der Waals surface area contributed by atoms with Gasteiger partial charge in [-0.3, -0.25) is 19.2 Å². The summed E-state index contributed by atoms with van der Waals surface area (Å²) >= 11 is 0. The molecule has 15 nitrogen and oxygen atoms in total. The highest BCUT2D eigenvalue weighted by Gasteiger charge is 2.40. The standard InChI is InChI=1S/C36H40N6O7.C2HF3O2/c37-20-32(44)39-29(17-23-12-14-25(43)15-13-23)35(47)42-16-6-11-31(42)34(46)40-28(19-24-21-38-27-10-5-4-9-26(24)27)33(45)41-30(36(48)49)18-22-7-2-1-3-8-22;3-2(4,5)1(6)7/h1-5,7-10,12-15,21,28-31,38,43H,6,11,16-20,37H2,(H,39,44)(H,40,46)(H,41,45)(H,48,49);(H,6,7)/t28-,29+,30-,31+;/m0./s1. The Labute approximate surface area is 318 Å². The number of nitrogens with zero attached hydrogens (tertiary/aromatic N) is 1. The van der Waals surface area contributed by atoms with Crippen molar-refractivity contribution in [3.63, 3.8) is 0 Å². The molecule has 1 aliphatic heterocycles. The monoisotopic (exact) mass is 782 g/mol. The van der Waals surface area contributed by atoms with Crippen LogP contribution in [0.4, 0.5) is 13.2 Å². The molecule has 3 aromatic carbocycles. The molecule has 0 unspecified atom stereocenters. The molecule has 1 saturated heterocycles. The Hall–Kier alpha value is -6.43. The first-order chi connectivity index (χ1) is 26.6. The van der Waals surface area contributed by atoms with Crippen LogP contribution in [0.25, 0.3) is 10.9 Å². The van der Waals surface area contributed by atoms with Gasteiger partial charge in [-0.2, -0.15) is 13.2 Å². The van der Waals surface area contributed by atoms with Crippen molar-refractivity contribution in [2.75, 3.05) is 13.1 Å². The number of benzene rings is 3. The molecule has 0 saturated carbocycles. The third-order valence-electron chi connectivity index (χ3n) is 8.91. The molecule has 4 aromatic rings. The van der Waals surface area contributed by atoms with Crippen LogP contribution in [0.3, 0.4) is 0 Å². The van der Waals surface area contributed by atoms with E-state index in [2.05, 4.69) is 20.9 Å². The van der Waals surface area contributed by atoms with Crippen LogP contribution in [0.2, 0.25) is 0 Å². The van der Waals surface area contributed by atoms with Gasteiger partial charge in [-0.25, -0.2) is 9.59 Å². The topological polar surface area (TPSA) is 244 Å². The first-order valence-electron chi connectivity index (χ1n) is 17.4. The number of likely N-dealkylation sites (tertiary alicyclic amines) is 1. The Morgan fingerprint density at radius 2 is 1.41 bits per heavy atom. The number of para-hydroxylation sites is 1. The first-order valence-corrected chi connectivity index (χ1v) is 17.4. The normalized spacial score (nSPS) is 15.4. The van der Waals surface area contributed by atoms with Crippen LogP contribution in [0.15, 0.2) is 85.1 Å². The number of phenols is 1. The van der Waals surface area contributed by atoms with Gasteiger partial charge in [0.05, 0.1) is 6.54 Å². The number of halogens is 3. The maximum Gasteiger partial charge on any atom is 0.490 e. The number of carbonyl (C=O) groups excluding carboxylic acids is 4. The van der Waals surface area contributed by atoms with E-state index in [0.29, 0.717) is 18.4 Å². The van der Waals surface area contributed by atoms with Gasteiger partial charge in [0.1, 0.15) is 29.9 Å². The molecule has 0 spiro atoms. The van der Waals surface area contributed by atoms with Gasteiger partial charge >= 0.3 is 18.1 Å². The number of H-pyrrole nitrogens is 1. The van der Waals surface area contributed by atoms with E-state index in [1.807, 2.05) is 30.3 Å². The highest BCUT2D eigenvalue weighted by Crippen LogP contribution is 2.23. The van der Waals surface area contributed by atoms with Crippen molar-refractivity contribution in [2.45, 2.75) is 62.4 Å². The van der Waals surface area contributed by atoms with Crippen LogP contribution in [-0.4, -0.2) is 104 Å². The quantitative estimate of drug-likeness (QED) is 0.0925. The van der Waals surface area contributed by atoms with Gasteiger partial charge in [-0.1, -0.05) is 60.7 Å². The molecule has 1 fully saturated rings. The molecular weight excluding hydrogens is 741 g/mol. The van der Waals surface area contributed by atoms with Crippen molar-refractivity contribution in [2.24, 2.45) is 5.73 Å². The first kappa shape index (κ1) is 42.3. The second-order valence-electron chi connectivity index (χ2n) is 12.9. The van der Waals surface area contributed by atoms with Crippen LogP contribution in [0, 0.1) is 0 Å². The number of fused-ring (bicyclic) bond motifs is 1. The Morgan fingerprint density at radius 3 is 2.04 bits per heavy atom. The van der Waals surface area contributed by atoms with E-state index in [9.17, 15) is 47.4 Å². The molecule has 4 atom stereocenters. The van der Waals surface area contributed by atoms with E-state index in [-0.39, 0.29) is 38.1 Å². The molecule has 4 amide bonds. The molecular formula is C38H41F3N6O9. The number of carboxylic acids is 2. The largest absolute Gasteiger partial charge is 0.508 e. The summed E-state index contributed by atoms with van der Waals surface area (Å²) in [5.41, 5.74) is 8.49. The highest BCUT2D eigenvalue weighted by atomic mass is 19.4. The number of carbonyl (C=O) groups is 6. The average molecular weight is 783 g/mol. The average Bonchev–Trinajstić information content (AvgIpc) is 3.83. The highest BCUT2D eigenvalue weighted by molar-refractivity contribution is 5.96. The van der Waals surface area contributed by atoms with E-state index < -0.39 is 65.9 Å². The minimum absolute atomic E-state index is 0.0392. The number of aromatic amines is 1. The van der Waals surface area contributed by atoms with E-state index >= 15 is 0 Å². The summed E-state index contributed by atoms with van der Waals surface area (Å²) in [6.45, 7) is -0.0888. The van der Waals surface area contributed by atoms with E-state index in [4.69, 9.17) is 15.6 Å². The molecule has 9 N–H and O–H groups in total. The van der Waals surface area contributed by atoms with Gasteiger partial charge < -0.3 is 46.9 Å². The predicted octanol–water partition coefficient (Wildman–Crippen LogP) is 2.02. The molecule has 56 heavy (non-hydrogen) atoms. The zero-order valence-electron chi connectivity index (χ0n) is 29.8. The second-order valence-corrected chi connectivity index (χ2v) is 12.9. The number of alkyl halides is 3. The Bertz CT molecular complexity index is 2010. The predicted molar refractivity (Wildman–Crippen MR) is 195 cm³/mol. The molecule has 0 aliphatic carbocycles. The summed E-state index contributed by atoms with van der Waals surface area (Å²) in [5, 5.41) is 35.7. The lowest BCUT2D eigenvalue weighted by atomic mass is 10.0. The number of aromatic nitrogens is 1. The van der Waals surface area contributed by atoms with Crippen molar-refractivity contribution in [1.82, 2.24) is 25.8 Å². The minimum Gasteiger partial charge on any atom is -0.508 e. The second kappa shape index (κ2) is 19.2. The van der Waals surface area contributed by atoms with Crippen molar-refractivity contribution < 1.29 is 57.3 Å². The Morgan fingerprint density at radius 1 is 0.804 bits per heavy atom. The van der Waals surface area contributed by atoms with Crippen LogP contribution in [-0.2, 0) is 48.0 Å². The third-order valence-corrected chi connectivity index (χ3v) is 8.91. The van der Waals surface area contributed by atoms with Crippen molar-refractivity contribution in [3.05, 3.63) is 102 Å². The summed E-state index contributed by atoms with van der Waals surface area (Å²) in [6.07, 6.45) is -2.32. The lowest BCUT2D eigenvalue weighted by Gasteiger charge is -2.30. The Balaban J connectivity index is 0.000000908. The fraction of sp³-hybridized carbons (Fsp3) is 0.316. The maximum absolute atomic E-state index is 13.9. The number of rotatable bonds is 14.